The SMILES string of the molecule is Fc1ccc(NC2CCOCC2)cc1.[B]B([B])B(B([B])[B])B(B(B([B])[B])B([B])[B])B(B(B([B])[B])B([B])[B])B(B(B(B([B])[B])B([B])[B])B(B([B])[B])B([B])[B])B(B(B(B([B])[B])B([B])[B])B(B([B])[B])B([B])[B])B(B(B([B])[B])B([B])[B])B(B([B])[B])B([B])[B]. The minimum Gasteiger partial charge on any atom is -0.382 e. The largest absolute Gasteiger partial charge is 0.382 e. The normalized spacial score (nSPS) is 11.2. The van der Waals surface area contributed by atoms with Crippen LogP contribution in [-0.2, 0) is 4.74 Å². The highest BCUT2D eigenvalue weighted by molar-refractivity contribution is 8.39. The molecule has 1 aromatic rings. The van der Waals surface area contributed by atoms with Crippen LogP contribution in [0.2, 0.25) is 0 Å². The highest BCUT2D eigenvalue weighted by atomic mass is 19.1. The van der Waals surface area contributed by atoms with E-state index in [0.29, 0.717) is 6.04 Å². The summed E-state index contributed by atoms with van der Waals surface area (Å²) in [4.78, 5) is 0. The number of halogens is 1. The quantitative estimate of drug-likeness (QED) is 0.0685. The maximum atomic E-state index is 12.6. The van der Waals surface area contributed by atoms with Gasteiger partial charge in [0.2, 0.25) is 0 Å². The number of ether oxygens (including phenoxy) is 1. The third-order valence-electron chi connectivity index (χ3n) is 17.1. The second-order valence-electron chi connectivity index (χ2n) is 23.2. The first-order valence-electron chi connectivity index (χ1n) is 27.9. The molecule has 1 saturated heterocycles. The van der Waals surface area contributed by atoms with Crippen molar-refractivity contribution in [2.24, 2.45) is 0 Å². The second-order valence-corrected chi connectivity index (χ2v) is 23.2. The molecule has 1 heterocycles. The predicted molar refractivity (Wildman–Crippen MR) is 457 cm³/mol. The standard InChI is InChI=1S/C11H14FNO.B70/c12-9-1-3-10(4-2-9)13-11-5-7-14-8-6-11;1-37(2)55(38(3)4)64(56(39(5)6)40(7)8)68(63(53(33)34)54(35)36)70(67(61(49(25)26)50(27)28)62(51(29)30)52(31)32)69(65(57(41(9)10)42(11)12)58(43(13)14)44(15)16)66(59(45(17)18)46(19)20)60(47(21)22)48(23)24/h1-4,11,13H,5-8H2;. The van der Waals surface area contributed by atoms with Crippen molar-refractivity contribution in [1.29, 1.82) is 0 Å². The lowest BCUT2D eigenvalue weighted by molar-refractivity contribution is 0.0904. The molecule has 2 rings (SSSR count). The summed E-state index contributed by atoms with van der Waals surface area (Å²) in [5.41, 5.74) is 0.985. The molecule has 0 aromatic heterocycles. The number of nitrogens with one attached hydrogen (secondary N) is 1. The number of rotatable bonds is 35. The van der Waals surface area contributed by atoms with E-state index in [1.54, 1.807) is 12.1 Å². The summed E-state index contributed by atoms with van der Waals surface area (Å²) >= 11 is 0. The molecule has 84 heavy (non-hydrogen) atoms. The van der Waals surface area contributed by atoms with Crippen LogP contribution in [0.5, 0.6) is 0 Å². The molecule has 72 radical (unpaired) electrons. The molecule has 73 heteroatoms. The maximum Gasteiger partial charge on any atom is 0.123 e. The van der Waals surface area contributed by atoms with Crippen molar-refractivity contribution in [3.05, 3.63) is 30.1 Å². The van der Waals surface area contributed by atoms with Crippen molar-refractivity contribution in [2.75, 3.05) is 18.5 Å². The van der Waals surface area contributed by atoms with Gasteiger partial charge in [-0.1, -0.05) is 0 Å². The van der Waals surface area contributed by atoms with Gasteiger partial charge < -0.3 is 10.1 Å². The van der Waals surface area contributed by atoms with Gasteiger partial charge in [-0.3, -0.25) is 0 Å². The topological polar surface area (TPSA) is 21.3 Å². The molecule has 1 aromatic carbocycles. The molecule has 1 N–H and O–H groups in total. The van der Waals surface area contributed by atoms with Crippen molar-refractivity contribution in [2.45, 2.75) is 18.9 Å². The Bertz CT molecular complexity index is 1670. The lowest BCUT2D eigenvalue weighted by Gasteiger charge is -2.60. The summed E-state index contributed by atoms with van der Waals surface area (Å²) in [6.07, 6.45) is -51.0. The van der Waals surface area contributed by atoms with E-state index in [-0.39, 0.29) is 5.82 Å². The van der Waals surface area contributed by atoms with Gasteiger partial charge >= 0.3 is 0 Å². The number of hydrogen-bond donors (Lipinski definition) is 1. The van der Waals surface area contributed by atoms with Crippen molar-refractivity contribution in [1.82, 2.24) is 0 Å². The Hall–Kier alpha value is 3.46. The van der Waals surface area contributed by atoms with Crippen LogP contribution in [0, 0.1) is 5.82 Å². The summed E-state index contributed by atoms with van der Waals surface area (Å²) in [5, 5.41) is 3.36. The van der Waals surface area contributed by atoms with E-state index in [0.717, 1.165) is 31.7 Å². The monoisotopic (exact) mass is 966 g/mol. The first-order valence-corrected chi connectivity index (χ1v) is 27.9. The van der Waals surface area contributed by atoms with Gasteiger partial charge in [0.05, 0.1) is 0 Å². The van der Waals surface area contributed by atoms with Gasteiger partial charge in [0, 0.05) is 521 Å². The van der Waals surface area contributed by atoms with Gasteiger partial charge in [0.1, 0.15) is 5.82 Å². The summed E-state index contributed by atoms with van der Waals surface area (Å²) < 4.78 is 17.9. The van der Waals surface area contributed by atoms with Crippen molar-refractivity contribution in [3.8, 4) is 0 Å². The van der Waals surface area contributed by atoms with Crippen LogP contribution in [0.15, 0.2) is 24.3 Å². The van der Waals surface area contributed by atoms with Crippen molar-refractivity contribution >= 4 is 501 Å². The van der Waals surface area contributed by atoms with Gasteiger partial charge in [-0.2, -0.15) is 0 Å². The first-order chi connectivity index (χ1) is 38.6. The van der Waals surface area contributed by atoms with Gasteiger partial charge in [0.25, 0.3) is 0 Å². The minimum absolute atomic E-state index is 0.192. The molecule has 0 spiro atoms. The van der Waals surface area contributed by atoms with E-state index in [4.69, 9.17) is 283 Å². The average Bonchev–Trinajstić information content (AvgIpc) is 3.31. The van der Waals surface area contributed by atoms with Crippen LogP contribution in [-0.4, -0.2) is 515 Å². The zero-order valence-electron chi connectivity index (χ0n) is 48.4. The van der Waals surface area contributed by atoms with E-state index in [9.17, 15) is 4.39 Å². The van der Waals surface area contributed by atoms with Gasteiger partial charge in [-0.25, -0.2) is 4.39 Å². The second kappa shape index (κ2) is 40.8. The fourth-order valence-corrected chi connectivity index (χ4v) is 13.9. The Labute approximate surface area is 572 Å². The highest BCUT2D eigenvalue weighted by Gasteiger charge is 2.64. The maximum absolute atomic E-state index is 12.6. The summed E-state index contributed by atoms with van der Waals surface area (Å²) in [5.74, 6) is -0.192. The molecule has 286 valence electrons. The minimum atomic E-state index is -1.72. The molecule has 0 atom stereocenters. The Kier molecular flexibility index (Phi) is 41.5. The number of anilines is 1. The lowest BCUT2D eigenvalue weighted by atomic mass is 8.21. The first kappa shape index (κ1) is 85.5. The summed E-state index contributed by atoms with van der Waals surface area (Å²) in [6.45, 7) is 1.64. The van der Waals surface area contributed by atoms with Crippen LogP contribution in [0.1, 0.15) is 12.8 Å². The fraction of sp³-hybridized carbons (Fsp3) is 0.455. The van der Waals surface area contributed by atoms with E-state index in [2.05, 4.69) is 5.32 Å². The Morgan fingerprint density at radius 1 is 0.250 bits per heavy atom. The van der Waals surface area contributed by atoms with Gasteiger partial charge in [0.15, 0.2) is 0 Å². The molecule has 0 amide bonds. The van der Waals surface area contributed by atoms with Crippen molar-refractivity contribution < 1.29 is 9.13 Å². The van der Waals surface area contributed by atoms with Crippen LogP contribution < -0.4 is 5.32 Å². The molecule has 1 aliphatic rings. The average molecular weight is 952 g/mol. The van der Waals surface area contributed by atoms with E-state index in [1.165, 1.54) is 12.1 Å². The highest BCUT2D eigenvalue weighted by Crippen LogP contribution is 2.26. The molecular weight excluding hydrogens is 938 g/mol. The number of benzene rings is 1. The third-order valence-corrected chi connectivity index (χ3v) is 17.1. The molecule has 2 nitrogen and oxygen atoms in total. The van der Waals surface area contributed by atoms with Crippen LogP contribution in [0.3, 0.4) is 0 Å². The molecule has 1 fully saturated rings. The summed E-state index contributed by atoms with van der Waals surface area (Å²) in [6, 6.07) is 6.95. The molecule has 0 unspecified atom stereocenters. The smallest absolute Gasteiger partial charge is 0.123 e. The fourth-order valence-electron chi connectivity index (χ4n) is 13.9. The lowest BCUT2D eigenvalue weighted by Crippen LogP contribution is -2.98. The molecule has 0 saturated carbocycles. The van der Waals surface area contributed by atoms with Gasteiger partial charge in [-0.05, 0) is 37.1 Å². The zero-order chi connectivity index (χ0) is 65.4. The Morgan fingerprint density at radius 2 is 0.393 bits per heavy atom. The van der Waals surface area contributed by atoms with Gasteiger partial charge in [-0.15, -0.1) is 0 Å². The van der Waals surface area contributed by atoms with E-state index in [1.807, 2.05) is 0 Å². The zero-order valence-corrected chi connectivity index (χ0v) is 48.4. The Morgan fingerprint density at radius 3 is 0.548 bits per heavy atom. The molecular formula is C11H14B70FNO. The van der Waals surface area contributed by atoms with E-state index >= 15 is 0 Å². The van der Waals surface area contributed by atoms with Crippen LogP contribution >= 0.6 is 0 Å². The van der Waals surface area contributed by atoms with Crippen molar-refractivity contribution in [3.63, 3.8) is 0 Å². The van der Waals surface area contributed by atoms with Crippen LogP contribution in [0.25, 0.3) is 0 Å². The van der Waals surface area contributed by atoms with E-state index < -0.39 is 217 Å². The predicted octanol–water partition coefficient (Wildman–Crippen LogP) is -24.2. The molecule has 1 aliphatic heterocycles. The molecule has 0 bridgehead atoms. The third kappa shape index (κ3) is 24.6. The van der Waals surface area contributed by atoms with Crippen LogP contribution in [0.4, 0.5) is 10.1 Å². The Balaban J connectivity index is 0.00000216. The summed E-state index contributed by atoms with van der Waals surface area (Å²) in [7, 11) is 242. The molecule has 0 aliphatic carbocycles. The number of hydrogen-bond acceptors (Lipinski definition) is 2.